The third-order valence-electron chi connectivity index (χ3n) is 13.4. The lowest BCUT2D eigenvalue weighted by Crippen LogP contribution is -2.65. The largest absolute Gasteiger partial charge is 0.462 e. The first-order valence-corrected chi connectivity index (χ1v) is 22.7. The first-order chi connectivity index (χ1) is 30.1. The van der Waals surface area contributed by atoms with Crippen molar-refractivity contribution >= 4 is 18.0 Å². The van der Waals surface area contributed by atoms with Crippen molar-refractivity contribution in [3.05, 3.63) is 23.8 Å². The van der Waals surface area contributed by atoms with E-state index in [1.165, 1.54) is 27.2 Å². The fourth-order valence-electron chi connectivity index (χ4n) is 9.51. The summed E-state index contributed by atoms with van der Waals surface area (Å²) in [5.41, 5.74) is -0.806. The molecule has 18 heteroatoms. The van der Waals surface area contributed by atoms with Crippen LogP contribution in [0, 0.1) is 23.7 Å². The second-order valence-electron chi connectivity index (χ2n) is 18.7. The number of rotatable bonds is 13. The molecule has 0 amide bonds. The Bertz CT molecular complexity index is 1560. The zero-order chi connectivity index (χ0) is 47.8. The standard InChI is InChI=1S/C46H77NO17/c1-13-33-30(22-58-45-42(57-12)41(56-11)37(52)26(5)60-45)18-23(2)14-15-31(49)24(3)19-29(16-17-48)39(25(4)32(50)20-34(51)62-33)64-44-38(53)36(47(9)10)40(27(6)61-44)63-35-21-46(8,55)43(54)28(7)59-35/h14-15,17-18,24-30,32-33,35-45,50,52-55H,13,16,19-22H2,1-12H3/t24-,25-,26+,27-,28+,29+,30-,32+,33+,35+,36-,37+,38-,39-,40-,41+,42+,43+,44+,45+,46-/m1/s1. The van der Waals surface area contributed by atoms with Gasteiger partial charge >= 0.3 is 5.97 Å². The molecule has 5 N–H and O–H groups in total. The second kappa shape index (κ2) is 24.1. The molecule has 0 aliphatic carbocycles. The number of cyclic esters (lactones) is 1. The van der Waals surface area contributed by atoms with E-state index in [1.54, 1.807) is 59.7 Å². The number of allylic oxidation sites excluding steroid dienone is 3. The Labute approximate surface area is 378 Å². The lowest BCUT2D eigenvalue weighted by atomic mass is 9.79. The molecule has 4 aliphatic heterocycles. The quantitative estimate of drug-likeness (QED) is 0.131. The van der Waals surface area contributed by atoms with Gasteiger partial charge in [0.25, 0.3) is 0 Å². The molecular formula is C46H77NO17. The van der Waals surface area contributed by atoms with Gasteiger partial charge in [0.2, 0.25) is 0 Å². The Morgan fingerprint density at radius 1 is 0.859 bits per heavy atom. The molecule has 0 radical (unpaired) electrons. The summed E-state index contributed by atoms with van der Waals surface area (Å²) in [4.78, 5) is 41.5. The van der Waals surface area contributed by atoms with E-state index in [1.807, 2.05) is 19.9 Å². The summed E-state index contributed by atoms with van der Waals surface area (Å²) < 4.78 is 54.7. The summed E-state index contributed by atoms with van der Waals surface area (Å²) in [6.07, 6.45) is -8.49. The van der Waals surface area contributed by atoms with E-state index >= 15 is 0 Å². The molecule has 4 rings (SSSR count). The number of carbonyl (C=O) groups is 3. The average molecular weight is 916 g/mol. The number of esters is 1. The van der Waals surface area contributed by atoms with E-state index in [-0.39, 0.29) is 31.7 Å². The van der Waals surface area contributed by atoms with Crippen molar-refractivity contribution in [3.63, 3.8) is 0 Å². The third kappa shape index (κ3) is 13.5. The fraction of sp³-hybridized carbons (Fsp3) is 0.848. The van der Waals surface area contributed by atoms with Crippen LogP contribution in [0.15, 0.2) is 23.8 Å². The van der Waals surface area contributed by atoms with Crippen molar-refractivity contribution in [1.82, 2.24) is 4.90 Å². The highest BCUT2D eigenvalue weighted by atomic mass is 16.7. The number of likely N-dealkylation sites (N-methyl/N-ethyl adjacent to an activating group) is 1. The van der Waals surface area contributed by atoms with Crippen LogP contribution in [0.25, 0.3) is 0 Å². The van der Waals surface area contributed by atoms with Gasteiger partial charge < -0.3 is 77.9 Å². The summed E-state index contributed by atoms with van der Waals surface area (Å²) in [6.45, 7) is 13.6. The van der Waals surface area contributed by atoms with E-state index in [0.29, 0.717) is 12.0 Å². The van der Waals surface area contributed by atoms with Gasteiger partial charge in [-0.05, 0) is 73.5 Å². The van der Waals surface area contributed by atoms with Gasteiger partial charge in [-0.25, -0.2) is 0 Å². The van der Waals surface area contributed by atoms with Crippen molar-refractivity contribution in [2.24, 2.45) is 23.7 Å². The van der Waals surface area contributed by atoms with Crippen LogP contribution in [-0.4, -0.2) is 187 Å². The first kappa shape index (κ1) is 54.3. The van der Waals surface area contributed by atoms with Gasteiger partial charge in [0.1, 0.15) is 49.0 Å². The molecule has 0 saturated carbocycles. The monoisotopic (exact) mass is 916 g/mol. The molecule has 0 unspecified atom stereocenters. The number of ether oxygens (including phenoxy) is 9. The first-order valence-electron chi connectivity index (χ1n) is 22.7. The summed E-state index contributed by atoms with van der Waals surface area (Å²) >= 11 is 0. The molecule has 3 saturated heterocycles. The maximum atomic E-state index is 13.8. The van der Waals surface area contributed by atoms with Crippen LogP contribution < -0.4 is 0 Å². The summed E-state index contributed by atoms with van der Waals surface area (Å²) in [7, 11) is 6.43. The van der Waals surface area contributed by atoms with Crippen LogP contribution in [-0.2, 0) is 57.0 Å². The number of hydrogen-bond donors (Lipinski definition) is 5. The van der Waals surface area contributed by atoms with E-state index in [4.69, 9.17) is 42.6 Å². The van der Waals surface area contributed by atoms with Gasteiger partial charge in [-0.2, -0.15) is 0 Å². The minimum absolute atomic E-state index is 0.00788. The molecule has 3 fully saturated rings. The maximum Gasteiger partial charge on any atom is 0.308 e. The molecule has 368 valence electrons. The van der Waals surface area contributed by atoms with E-state index in [2.05, 4.69) is 0 Å². The number of aliphatic hydroxyl groups is 5. The number of methoxy groups -OCH3 is 2. The predicted octanol–water partition coefficient (Wildman–Crippen LogP) is 1.83. The minimum Gasteiger partial charge on any atom is -0.462 e. The van der Waals surface area contributed by atoms with E-state index in [0.717, 1.165) is 6.29 Å². The van der Waals surface area contributed by atoms with Gasteiger partial charge in [0.05, 0.1) is 55.2 Å². The highest BCUT2D eigenvalue weighted by Gasteiger charge is 2.52. The molecule has 18 nitrogen and oxygen atoms in total. The highest BCUT2D eigenvalue weighted by molar-refractivity contribution is 5.91. The summed E-state index contributed by atoms with van der Waals surface area (Å²) in [5.74, 6) is -3.59. The van der Waals surface area contributed by atoms with Crippen molar-refractivity contribution in [1.29, 1.82) is 0 Å². The third-order valence-corrected chi connectivity index (χ3v) is 13.4. The molecule has 4 heterocycles. The number of carbonyl (C=O) groups excluding carboxylic acids is 3. The van der Waals surface area contributed by atoms with Gasteiger partial charge in [-0.15, -0.1) is 0 Å². The lowest BCUT2D eigenvalue weighted by Gasteiger charge is -2.50. The minimum atomic E-state index is -1.49. The van der Waals surface area contributed by atoms with E-state index in [9.17, 15) is 39.9 Å². The Kier molecular flexibility index (Phi) is 20.5. The zero-order valence-corrected chi connectivity index (χ0v) is 39.7. The number of aliphatic hydroxyl groups excluding tert-OH is 4. The summed E-state index contributed by atoms with van der Waals surface area (Å²) in [6, 6.07) is -0.748. The van der Waals surface area contributed by atoms with Crippen molar-refractivity contribution in [2.45, 2.75) is 191 Å². The van der Waals surface area contributed by atoms with Gasteiger partial charge in [-0.3, -0.25) is 9.59 Å². The van der Waals surface area contributed by atoms with Crippen LogP contribution in [0.3, 0.4) is 0 Å². The number of ketones is 1. The second-order valence-corrected chi connectivity index (χ2v) is 18.7. The van der Waals surface area contributed by atoms with Crippen LogP contribution >= 0.6 is 0 Å². The van der Waals surface area contributed by atoms with Crippen LogP contribution in [0.5, 0.6) is 0 Å². The van der Waals surface area contributed by atoms with Gasteiger partial charge in [0.15, 0.2) is 24.7 Å². The Morgan fingerprint density at radius 2 is 1.52 bits per heavy atom. The molecule has 0 aromatic carbocycles. The van der Waals surface area contributed by atoms with E-state index < -0.39 is 140 Å². The molecule has 21 atom stereocenters. The zero-order valence-electron chi connectivity index (χ0n) is 39.7. The van der Waals surface area contributed by atoms with Crippen molar-refractivity contribution in [2.75, 3.05) is 34.9 Å². The molecule has 64 heavy (non-hydrogen) atoms. The Hall–Kier alpha value is -2.27. The van der Waals surface area contributed by atoms with Gasteiger partial charge in [-0.1, -0.05) is 38.5 Å². The number of hydrogen-bond acceptors (Lipinski definition) is 18. The molecule has 0 aromatic heterocycles. The smallest absolute Gasteiger partial charge is 0.308 e. The molecular weight excluding hydrogens is 838 g/mol. The molecule has 4 aliphatic rings. The van der Waals surface area contributed by atoms with Crippen LogP contribution in [0.1, 0.15) is 87.5 Å². The van der Waals surface area contributed by atoms with Crippen LogP contribution in [0.4, 0.5) is 0 Å². The topological polar surface area (TPSA) is 239 Å². The maximum absolute atomic E-state index is 13.8. The predicted molar refractivity (Wildman–Crippen MR) is 230 cm³/mol. The fourth-order valence-corrected chi connectivity index (χ4v) is 9.51. The van der Waals surface area contributed by atoms with Crippen LogP contribution in [0.2, 0.25) is 0 Å². The normalized spacial score (nSPS) is 44.6. The average Bonchev–Trinajstić information content (AvgIpc) is 3.23. The lowest BCUT2D eigenvalue weighted by molar-refractivity contribution is -0.341. The van der Waals surface area contributed by atoms with Gasteiger partial charge in [0, 0.05) is 44.8 Å². The Morgan fingerprint density at radius 3 is 2.11 bits per heavy atom. The SMILES string of the molecule is CC[C@@H]1OC(=O)C[C@H](O)[C@@H](C)[C@@H](O[C@@H]2O[C@H](C)[C@@H](O[C@H]3C[C@@](C)(O)[C@@H](O)[C@H](C)O3)[C@H](N(C)C)[C@H]2O)[C@@H](CC=O)C[C@@H](C)C(=O)C=CC(C)=C[C@@H]1CO[C@H]1O[C@@H](C)[C@H](O)[C@H](OC)[C@@H]1OC. The Balaban J connectivity index is 1.62. The van der Waals surface area contributed by atoms with Crippen molar-refractivity contribution in [3.8, 4) is 0 Å². The molecule has 0 aromatic rings. The number of aldehydes is 1. The number of nitrogens with zero attached hydrogens (tertiary/aromatic N) is 1. The highest BCUT2D eigenvalue weighted by Crippen LogP contribution is 2.37. The molecule has 0 bridgehead atoms. The molecule has 0 spiro atoms. The summed E-state index contributed by atoms with van der Waals surface area (Å²) in [5, 5.41) is 55.8. The van der Waals surface area contributed by atoms with Crippen molar-refractivity contribution < 1.29 is 82.5 Å².